The van der Waals surface area contributed by atoms with E-state index in [9.17, 15) is 4.79 Å². The molecule has 1 saturated heterocycles. The van der Waals surface area contributed by atoms with Gasteiger partial charge < -0.3 is 9.64 Å². The number of benzene rings is 1. The van der Waals surface area contributed by atoms with Gasteiger partial charge in [0.25, 0.3) is 0 Å². The minimum Gasteiger partial charge on any atom is -0.370 e. The quantitative estimate of drug-likeness (QED) is 0.866. The first-order chi connectivity index (χ1) is 11.6. The molecule has 24 heavy (non-hydrogen) atoms. The predicted molar refractivity (Wildman–Crippen MR) is 93.6 cm³/mol. The van der Waals surface area contributed by atoms with Crippen LogP contribution >= 0.6 is 0 Å². The van der Waals surface area contributed by atoms with E-state index in [1.165, 1.54) is 11.1 Å². The maximum atomic E-state index is 12.7. The molecule has 2 unspecified atom stereocenters. The number of pyridine rings is 1. The van der Waals surface area contributed by atoms with E-state index in [1.54, 1.807) is 6.20 Å². The molecular formula is C20H24N2O2. The molecule has 0 aliphatic carbocycles. The molecule has 4 heteroatoms. The van der Waals surface area contributed by atoms with Crippen LogP contribution in [0.2, 0.25) is 0 Å². The third kappa shape index (κ3) is 3.82. The van der Waals surface area contributed by atoms with Gasteiger partial charge in [0.1, 0.15) is 6.10 Å². The fourth-order valence-electron chi connectivity index (χ4n) is 3.17. The van der Waals surface area contributed by atoms with E-state index in [4.69, 9.17) is 4.74 Å². The summed E-state index contributed by atoms with van der Waals surface area (Å²) in [5.74, 6) is 0.176. The molecule has 1 amide bonds. The van der Waals surface area contributed by atoms with Crippen LogP contribution in [-0.2, 0) is 16.0 Å². The van der Waals surface area contributed by atoms with Crippen LogP contribution < -0.4 is 0 Å². The van der Waals surface area contributed by atoms with Crippen LogP contribution in [0.5, 0.6) is 0 Å². The number of rotatable bonds is 4. The number of morpholine rings is 1. The van der Waals surface area contributed by atoms with Gasteiger partial charge in [-0.1, -0.05) is 30.3 Å². The van der Waals surface area contributed by atoms with Crippen molar-refractivity contribution >= 4 is 5.91 Å². The summed E-state index contributed by atoms with van der Waals surface area (Å²) < 4.78 is 5.99. The van der Waals surface area contributed by atoms with E-state index in [2.05, 4.69) is 24.0 Å². The van der Waals surface area contributed by atoms with Gasteiger partial charge in [-0.3, -0.25) is 9.78 Å². The van der Waals surface area contributed by atoms with Crippen molar-refractivity contribution in [3.8, 4) is 0 Å². The summed E-state index contributed by atoms with van der Waals surface area (Å²) in [5, 5.41) is 0. The maximum absolute atomic E-state index is 12.7. The van der Waals surface area contributed by atoms with Crippen LogP contribution in [0.4, 0.5) is 0 Å². The smallest absolute Gasteiger partial charge is 0.223 e. The number of hydrogen-bond donors (Lipinski definition) is 0. The van der Waals surface area contributed by atoms with E-state index in [-0.39, 0.29) is 18.1 Å². The van der Waals surface area contributed by atoms with Gasteiger partial charge in [0, 0.05) is 18.3 Å². The Kier molecular flexibility index (Phi) is 5.26. The molecule has 0 radical (unpaired) electrons. The third-order valence-electron chi connectivity index (χ3n) is 4.61. The number of carbonyl (C=O) groups excluding carboxylic acids is 1. The van der Waals surface area contributed by atoms with Crippen LogP contribution in [0, 0.1) is 6.92 Å². The Hall–Kier alpha value is -2.20. The van der Waals surface area contributed by atoms with Crippen molar-refractivity contribution in [2.75, 3.05) is 13.2 Å². The molecule has 1 aromatic heterocycles. The Balaban J connectivity index is 1.65. The normalized spacial score (nSPS) is 20.8. The summed E-state index contributed by atoms with van der Waals surface area (Å²) >= 11 is 0. The first-order valence-electron chi connectivity index (χ1n) is 8.51. The van der Waals surface area contributed by atoms with Crippen LogP contribution in [-0.4, -0.2) is 35.0 Å². The molecule has 0 N–H and O–H groups in total. The molecule has 0 spiro atoms. The summed E-state index contributed by atoms with van der Waals surface area (Å²) in [6.45, 7) is 5.33. The lowest BCUT2D eigenvalue weighted by molar-refractivity contribution is -0.144. The van der Waals surface area contributed by atoms with E-state index in [0.29, 0.717) is 26.0 Å². The van der Waals surface area contributed by atoms with Crippen molar-refractivity contribution in [1.82, 2.24) is 9.88 Å². The van der Waals surface area contributed by atoms with Crippen molar-refractivity contribution in [3.63, 3.8) is 0 Å². The Bertz CT molecular complexity index is 687. The van der Waals surface area contributed by atoms with E-state index in [1.807, 2.05) is 42.2 Å². The fourth-order valence-corrected chi connectivity index (χ4v) is 3.17. The van der Waals surface area contributed by atoms with Gasteiger partial charge in [-0.25, -0.2) is 0 Å². The lowest BCUT2D eigenvalue weighted by Crippen LogP contribution is -2.48. The molecular weight excluding hydrogens is 300 g/mol. The van der Waals surface area contributed by atoms with Gasteiger partial charge in [0.15, 0.2) is 0 Å². The molecule has 1 aromatic carbocycles. The number of amides is 1. The number of hydrogen-bond acceptors (Lipinski definition) is 3. The summed E-state index contributed by atoms with van der Waals surface area (Å²) in [7, 11) is 0. The minimum atomic E-state index is -0.0406. The molecule has 0 saturated carbocycles. The Morgan fingerprint density at radius 3 is 2.79 bits per heavy atom. The lowest BCUT2D eigenvalue weighted by Gasteiger charge is -2.38. The topological polar surface area (TPSA) is 42.4 Å². The van der Waals surface area contributed by atoms with Gasteiger partial charge in [-0.15, -0.1) is 0 Å². The zero-order valence-electron chi connectivity index (χ0n) is 14.3. The molecule has 126 valence electrons. The molecule has 0 bridgehead atoms. The molecule has 2 aromatic rings. The van der Waals surface area contributed by atoms with Crippen LogP contribution in [0.1, 0.15) is 36.3 Å². The molecule has 1 fully saturated rings. The largest absolute Gasteiger partial charge is 0.370 e. The van der Waals surface area contributed by atoms with Crippen molar-refractivity contribution in [1.29, 1.82) is 0 Å². The molecule has 2 atom stereocenters. The summed E-state index contributed by atoms with van der Waals surface area (Å²) in [6, 6.07) is 14.2. The van der Waals surface area contributed by atoms with E-state index >= 15 is 0 Å². The highest BCUT2D eigenvalue weighted by molar-refractivity contribution is 5.77. The molecule has 2 heterocycles. The van der Waals surface area contributed by atoms with Gasteiger partial charge >= 0.3 is 0 Å². The lowest BCUT2D eigenvalue weighted by atomic mass is 10.0. The van der Waals surface area contributed by atoms with Crippen LogP contribution in [0.15, 0.2) is 48.7 Å². The summed E-state index contributed by atoms with van der Waals surface area (Å²) in [4.78, 5) is 18.9. The van der Waals surface area contributed by atoms with Gasteiger partial charge in [0.05, 0.1) is 19.2 Å². The van der Waals surface area contributed by atoms with Gasteiger partial charge in [0.2, 0.25) is 5.91 Å². The van der Waals surface area contributed by atoms with Gasteiger partial charge in [-0.05, 0) is 43.5 Å². The van der Waals surface area contributed by atoms with E-state index < -0.39 is 0 Å². The molecule has 1 aliphatic rings. The Morgan fingerprint density at radius 1 is 1.25 bits per heavy atom. The maximum Gasteiger partial charge on any atom is 0.223 e. The van der Waals surface area contributed by atoms with Gasteiger partial charge in [-0.2, -0.15) is 0 Å². The highest BCUT2D eigenvalue weighted by atomic mass is 16.5. The Labute approximate surface area is 143 Å². The Morgan fingerprint density at radius 2 is 2.04 bits per heavy atom. The molecule has 3 rings (SSSR count). The van der Waals surface area contributed by atoms with Crippen LogP contribution in [0.3, 0.4) is 0 Å². The number of aromatic nitrogens is 1. The molecule has 4 nitrogen and oxygen atoms in total. The average Bonchev–Trinajstić information content (AvgIpc) is 2.61. The monoisotopic (exact) mass is 324 g/mol. The zero-order valence-corrected chi connectivity index (χ0v) is 14.3. The second kappa shape index (κ2) is 7.58. The number of ether oxygens (including phenoxy) is 1. The second-order valence-corrected chi connectivity index (χ2v) is 6.39. The van der Waals surface area contributed by atoms with Crippen molar-refractivity contribution in [2.24, 2.45) is 0 Å². The van der Waals surface area contributed by atoms with Crippen molar-refractivity contribution in [3.05, 3.63) is 65.5 Å². The first kappa shape index (κ1) is 16.7. The number of carbonyl (C=O) groups is 1. The SMILES string of the molecule is Cc1ccccc1C1CN(C(=O)CCc2ccccn2)C(C)CO1. The van der Waals surface area contributed by atoms with Crippen molar-refractivity contribution in [2.45, 2.75) is 38.8 Å². The minimum absolute atomic E-state index is 0.0406. The highest BCUT2D eigenvalue weighted by Gasteiger charge is 2.30. The highest BCUT2D eigenvalue weighted by Crippen LogP contribution is 2.27. The standard InChI is InChI=1S/C20H24N2O2/c1-15-7-3-4-9-18(15)19-13-22(16(2)14-24-19)20(23)11-10-17-8-5-6-12-21-17/h3-9,12,16,19H,10-11,13-14H2,1-2H3. The first-order valence-corrected chi connectivity index (χ1v) is 8.51. The van der Waals surface area contributed by atoms with Crippen LogP contribution in [0.25, 0.3) is 0 Å². The summed E-state index contributed by atoms with van der Waals surface area (Å²) in [5.41, 5.74) is 3.34. The predicted octanol–water partition coefficient (Wildman–Crippen LogP) is 3.31. The average molecular weight is 324 g/mol. The number of aryl methyl sites for hydroxylation is 2. The van der Waals surface area contributed by atoms with Crippen molar-refractivity contribution < 1.29 is 9.53 Å². The van der Waals surface area contributed by atoms with E-state index in [0.717, 1.165) is 5.69 Å². The second-order valence-electron chi connectivity index (χ2n) is 6.39. The summed E-state index contributed by atoms with van der Waals surface area (Å²) in [6.07, 6.45) is 2.90. The number of nitrogens with zero attached hydrogens (tertiary/aromatic N) is 2. The zero-order chi connectivity index (χ0) is 16.9. The third-order valence-corrected chi connectivity index (χ3v) is 4.61. The molecule has 1 aliphatic heterocycles. The fraction of sp³-hybridized carbons (Fsp3) is 0.400.